The number of nitrogens with zero attached hydrogens (tertiary/aromatic N) is 3. The molecule has 0 aliphatic carbocycles. The zero-order valence-corrected chi connectivity index (χ0v) is 13.4. The van der Waals surface area contributed by atoms with Crippen LogP contribution in [0.3, 0.4) is 0 Å². The molecular formula is C17H16F3N5. The predicted octanol–water partition coefficient (Wildman–Crippen LogP) is 3.41. The summed E-state index contributed by atoms with van der Waals surface area (Å²) in [5, 5.41) is 9.76. The molecule has 0 aliphatic heterocycles. The third-order valence-corrected chi connectivity index (χ3v) is 3.87. The van der Waals surface area contributed by atoms with E-state index in [0.29, 0.717) is 17.9 Å². The highest BCUT2D eigenvalue weighted by Crippen LogP contribution is 2.31. The van der Waals surface area contributed by atoms with Crippen LogP contribution in [0.1, 0.15) is 34.3 Å². The Bertz CT molecular complexity index is 830. The molecule has 0 saturated carbocycles. The molecule has 2 aromatic heterocycles. The molecule has 1 atom stereocenters. The van der Waals surface area contributed by atoms with Crippen LogP contribution >= 0.6 is 0 Å². The van der Waals surface area contributed by atoms with E-state index in [-0.39, 0.29) is 0 Å². The monoisotopic (exact) mass is 347 g/mol. The van der Waals surface area contributed by atoms with Crippen molar-refractivity contribution in [1.29, 1.82) is 0 Å². The number of aromatic amines is 1. The summed E-state index contributed by atoms with van der Waals surface area (Å²) in [6.45, 7) is 2.31. The first-order valence-corrected chi connectivity index (χ1v) is 7.61. The van der Waals surface area contributed by atoms with Gasteiger partial charge in [-0.05, 0) is 36.2 Å². The highest BCUT2D eigenvalue weighted by Gasteiger charge is 2.31. The number of alkyl halides is 3. The van der Waals surface area contributed by atoms with E-state index >= 15 is 0 Å². The highest BCUT2D eigenvalue weighted by atomic mass is 19.4. The zero-order valence-electron chi connectivity index (χ0n) is 13.4. The molecule has 0 saturated heterocycles. The minimum Gasteiger partial charge on any atom is -0.299 e. The number of rotatable bonds is 5. The van der Waals surface area contributed by atoms with Crippen molar-refractivity contribution in [2.45, 2.75) is 25.7 Å². The smallest absolute Gasteiger partial charge is 0.299 e. The van der Waals surface area contributed by atoms with E-state index in [2.05, 4.69) is 25.5 Å². The van der Waals surface area contributed by atoms with Crippen LogP contribution < -0.4 is 5.32 Å². The van der Waals surface area contributed by atoms with Crippen LogP contribution in [0, 0.1) is 6.92 Å². The Morgan fingerprint density at radius 3 is 2.68 bits per heavy atom. The van der Waals surface area contributed by atoms with Crippen LogP contribution in [0.2, 0.25) is 0 Å². The molecule has 3 aromatic rings. The summed E-state index contributed by atoms with van der Waals surface area (Å²) in [6, 6.07) is 8.37. The largest absolute Gasteiger partial charge is 0.416 e. The molecule has 0 amide bonds. The molecule has 25 heavy (non-hydrogen) atoms. The second-order valence-electron chi connectivity index (χ2n) is 5.56. The summed E-state index contributed by atoms with van der Waals surface area (Å²) in [7, 11) is 0. The maximum absolute atomic E-state index is 13.0. The lowest BCUT2D eigenvalue weighted by Crippen LogP contribution is -2.24. The fourth-order valence-electron chi connectivity index (χ4n) is 2.54. The van der Waals surface area contributed by atoms with Crippen molar-refractivity contribution in [2.75, 3.05) is 0 Å². The Balaban J connectivity index is 1.90. The number of H-pyrrole nitrogens is 1. The van der Waals surface area contributed by atoms with Crippen molar-refractivity contribution in [1.82, 2.24) is 25.5 Å². The molecule has 0 bridgehead atoms. The van der Waals surface area contributed by atoms with Gasteiger partial charge in [-0.25, -0.2) is 4.98 Å². The second-order valence-corrected chi connectivity index (χ2v) is 5.56. The summed E-state index contributed by atoms with van der Waals surface area (Å²) in [4.78, 5) is 8.31. The van der Waals surface area contributed by atoms with Gasteiger partial charge in [0, 0.05) is 18.4 Å². The Labute approximate surface area is 142 Å². The normalized spacial score (nSPS) is 13.0. The van der Waals surface area contributed by atoms with Crippen LogP contribution in [0.4, 0.5) is 13.2 Å². The quantitative estimate of drug-likeness (QED) is 0.742. The zero-order chi connectivity index (χ0) is 17.9. The summed E-state index contributed by atoms with van der Waals surface area (Å²) in [6.07, 6.45) is -1.38. The van der Waals surface area contributed by atoms with Crippen molar-refractivity contribution >= 4 is 0 Å². The molecule has 130 valence electrons. The van der Waals surface area contributed by atoms with Crippen LogP contribution in [-0.2, 0) is 12.7 Å². The van der Waals surface area contributed by atoms with E-state index in [1.54, 1.807) is 12.3 Å². The van der Waals surface area contributed by atoms with E-state index in [9.17, 15) is 13.2 Å². The van der Waals surface area contributed by atoms with E-state index in [1.807, 2.05) is 19.1 Å². The van der Waals surface area contributed by atoms with Gasteiger partial charge < -0.3 is 0 Å². The fraction of sp³-hybridized carbons (Fsp3) is 0.235. The molecule has 1 aromatic carbocycles. The summed E-state index contributed by atoms with van der Waals surface area (Å²) in [5.74, 6) is 0.445. The summed E-state index contributed by atoms with van der Waals surface area (Å²) < 4.78 is 39.0. The number of hydrogen-bond donors (Lipinski definition) is 2. The lowest BCUT2D eigenvalue weighted by Gasteiger charge is -2.19. The molecule has 2 heterocycles. The Morgan fingerprint density at radius 1 is 1.16 bits per heavy atom. The third-order valence-electron chi connectivity index (χ3n) is 3.87. The number of pyridine rings is 1. The van der Waals surface area contributed by atoms with Gasteiger partial charge in [0.1, 0.15) is 12.2 Å². The predicted molar refractivity (Wildman–Crippen MR) is 85.5 cm³/mol. The first kappa shape index (κ1) is 17.1. The molecule has 3 rings (SSSR count). The number of aryl methyl sites for hydroxylation is 1. The Morgan fingerprint density at radius 2 is 2.00 bits per heavy atom. The number of benzene rings is 1. The Kier molecular flexibility index (Phi) is 4.80. The molecule has 0 fully saturated rings. The third kappa shape index (κ3) is 4.03. The van der Waals surface area contributed by atoms with Crippen LogP contribution in [0.15, 0.2) is 48.9 Å². The van der Waals surface area contributed by atoms with Gasteiger partial charge in [0.15, 0.2) is 0 Å². The number of halogens is 3. The lowest BCUT2D eigenvalue weighted by molar-refractivity contribution is -0.137. The van der Waals surface area contributed by atoms with Gasteiger partial charge in [-0.15, -0.1) is 0 Å². The van der Waals surface area contributed by atoms with Gasteiger partial charge >= 0.3 is 6.18 Å². The Hall–Kier alpha value is -2.74. The number of aromatic nitrogens is 4. The summed E-state index contributed by atoms with van der Waals surface area (Å²) >= 11 is 0. The van der Waals surface area contributed by atoms with E-state index in [1.165, 1.54) is 12.4 Å². The summed E-state index contributed by atoms with van der Waals surface area (Å²) in [5.41, 5.74) is 1.57. The van der Waals surface area contributed by atoms with Gasteiger partial charge in [-0.2, -0.15) is 18.3 Å². The van der Waals surface area contributed by atoms with Crippen molar-refractivity contribution in [3.8, 4) is 0 Å². The molecule has 0 unspecified atom stereocenters. The van der Waals surface area contributed by atoms with E-state index < -0.39 is 17.8 Å². The van der Waals surface area contributed by atoms with E-state index in [4.69, 9.17) is 0 Å². The SMILES string of the molecule is Cc1ncccc1CN[C@@H](c1cccc(C(F)(F)F)c1)c1ncn[nH]1. The molecule has 0 spiro atoms. The standard InChI is InChI=1S/C17H16F3N5/c1-11-13(5-3-7-21-11)9-22-15(16-23-10-24-25-16)12-4-2-6-14(8-12)17(18,19)20/h2-8,10,15,22H,9H2,1H3,(H,23,24,25)/t15-/m0/s1. The van der Waals surface area contributed by atoms with E-state index in [0.717, 1.165) is 23.4 Å². The molecule has 0 radical (unpaired) electrons. The van der Waals surface area contributed by atoms with Crippen LogP contribution in [0.5, 0.6) is 0 Å². The second kappa shape index (κ2) is 7.02. The maximum atomic E-state index is 13.0. The highest BCUT2D eigenvalue weighted by molar-refractivity contribution is 5.31. The van der Waals surface area contributed by atoms with Crippen molar-refractivity contribution in [3.05, 3.63) is 77.1 Å². The fourth-order valence-corrected chi connectivity index (χ4v) is 2.54. The van der Waals surface area contributed by atoms with Gasteiger partial charge in [-0.1, -0.05) is 18.2 Å². The first-order valence-electron chi connectivity index (χ1n) is 7.61. The van der Waals surface area contributed by atoms with Crippen molar-refractivity contribution < 1.29 is 13.2 Å². The number of hydrogen-bond acceptors (Lipinski definition) is 4. The van der Waals surface area contributed by atoms with Gasteiger partial charge in [0.2, 0.25) is 0 Å². The minimum atomic E-state index is -4.40. The molecular weight excluding hydrogens is 331 g/mol. The van der Waals surface area contributed by atoms with Gasteiger partial charge in [0.05, 0.1) is 11.6 Å². The lowest BCUT2D eigenvalue weighted by atomic mass is 10.0. The first-order chi connectivity index (χ1) is 11.9. The molecule has 0 aliphatic rings. The van der Waals surface area contributed by atoms with Crippen molar-refractivity contribution in [3.63, 3.8) is 0 Å². The van der Waals surface area contributed by atoms with Crippen molar-refractivity contribution in [2.24, 2.45) is 0 Å². The van der Waals surface area contributed by atoms with Gasteiger partial charge in [0.25, 0.3) is 0 Å². The topological polar surface area (TPSA) is 66.5 Å². The molecule has 5 nitrogen and oxygen atoms in total. The average molecular weight is 347 g/mol. The average Bonchev–Trinajstić information content (AvgIpc) is 3.10. The minimum absolute atomic E-state index is 0.432. The van der Waals surface area contributed by atoms with Gasteiger partial charge in [-0.3, -0.25) is 15.4 Å². The van der Waals surface area contributed by atoms with Crippen LogP contribution in [0.25, 0.3) is 0 Å². The molecule has 8 heteroatoms. The van der Waals surface area contributed by atoms with Crippen LogP contribution in [-0.4, -0.2) is 20.2 Å². The number of nitrogens with one attached hydrogen (secondary N) is 2. The molecule has 2 N–H and O–H groups in total. The maximum Gasteiger partial charge on any atom is 0.416 e.